The van der Waals surface area contributed by atoms with E-state index in [0.29, 0.717) is 5.56 Å². The molecule has 0 N–H and O–H groups in total. The average Bonchev–Trinajstić information content (AvgIpc) is 2.12. The van der Waals surface area contributed by atoms with Crippen LogP contribution in [0.25, 0.3) is 0 Å². The minimum Gasteiger partial charge on any atom is -0.204 e. The fourth-order valence-corrected chi connectivity index (χ4v) is 1.69. The van der Waals surface area contributed by atoms with Gasteiger partial charge in [-0.05, 0) is 29.0 Å². The molecular weight excluding hydrogens is 201 g/mol. The molecule has 0 heterocycles. The summed E-state index contributed by atoms with van der Waals surface area (Å²) in [7, 11) is 0. The molecule has 0 amide bonds. The first-order valence-electron chi connectivity index (χ1n) is 5.03. The van der Waals surface area contributed by atoms with Gasteiger partial charge in [0.2, 0.25) is 0 Å². The zero-order chi connectivity index (χ0) is 11.7. The van der Waals surface area contributed by atoms with E-state index in [1.54, 1.807) is 13.8 Å². The predicted molar refractivity (Wildman–Crippen MR) is 54.5 cm³/mol. The number of halogens is 3. The smallest absolute Gasteiger partial charge is 0.194 e. The highest BCUT2D eigenvalue weighted by molar-refractivity contribution is 5.35. The van der Waals surface area contributed by atoms with E-state index < -0.39 is 17.5 Å². The Kier molecular flexibility index (Phi) is 3.42. The van der Waals surface area contributed by atoms with Crippen LogP contribution < -0.4 is 0 Å². The second-order valence-corrected chi connectivity index (χ2v) is 4.30. The number of hydrogen-bond acceptors (Lipinski definition) is 0. The first kappa shape index (κ1) is 12.1. The van der Waals surface area contributed by atoms with Gasteiger partial charge in [-0.15, -0.1) is 0 Å². The fourth-order valence-electron chi connectivity index (χ4n) is 1.69. The summed E-state index contributed by atoms with van der Waals surface area (Å²) in [5, 5.41) is 0. The molecule has 84 valence electrons. The Balaban J connectivity index is 3.51. The van der Waals surface area contributed by atoms with E-state index >= 15 is 0 Å². The summed E-state index contributed by atoms with van der Waals surface area (Å²) in [6.07, 6.45) is 0. The molecule has 0 radical (unpaired) electrons. The third-order valence-corrected chi connectivity index (χ3v) is 2.43. The van der Waals surface area contributed by atoms with Crippen molar-refractivity contribution in [3.8, 4) is 0 Å². The SMILES string of the molecule is CC(C)c1cc(F)c(F)c(F)c1C(C)C. The maximum atomic E-state index is 13.5. The fraction of sp³-hybridized carbons (Fsp3) is 0.500. The van der Waals surface area contributed by atoms with Crippen molar-refractivity contribution >= 4 is 0 Å². The second-order valence-electron chi connectivity index (χ2n) is 4.30. The van der Waals surface area contributed by atoms with Crippen molar-refractivity contribution in [2.45, 2.75) is 39.5 Å². The molecule has 0 unspecified atom stereocenters. The molecule has 1 aromatic carbocycles. The Labute approximate surface area is 88.1 Å². The van der Waals surface area contributed by atoms with Crippen LogP contribution in [0.15, 0.2) is 6.07 Å². The summed E-state index contributed by atoms with van der Waals surface area (Å²) < 4.78 is 39.6. The molecule has 0 saturated carbocycles. The zero-order valence-corrected chi connectivity index (χ0v) is 9.37. The van der Waals surface area contributed by atoms with Gasteiger partial charge < -0.3 is 0 Å². The normalized spacial score (nSPS) is 11.5. The van der Waals surface area contributed by atoms with Crippen molar-refractivity contribution in [2.24, 2.45) is 0 Å². The van der Waals surface area contributed by atoms with E-state index in [1.165, 1.54) is 0 Å². The average molecular weight is 216 g/mol. The zero-order valence-electron chi connectivity index (χ0n) is 9.37. The van der Waals surface area contributed by atoms with E-state index in [4.69, 9.17) is 0 Å². The van der Waals surface area contributed by atoms with Crippen molar-refractivity contribution in [2.75, 3.05) is 0 Å². The molecule has 0 aliphatic heterocycles. The molecule has 0 saturated heterocycles. The quantitative estimate of drug-likeness (QED) is 0.645. The van der Waals surface area contributed by atoms with Crippen LogP contribution in [0.1, 0.15) is 50.7 Å². The summed E-state index contributed by atoms with van der Waals surface area (Å²) in [6, 6.07) is 1.10. The van der Waals surface area contributed by atoms with E-state index in [0.717, 1.165) is 6.07 Å². The first-order chi connectivity index (χ1) is 6.86. The van der Waals surface area contributed by atoms with Crippen LogP contribution in [0.5, 0.6) is 0 Å². The molecule has 0 spiro atoms. The minimum absolute atomic E-state index is 0.0213. The molecule has 0 aliphatic carbocycles. The molecule has 0 aromatic heterocycles. The Morgan fingerprint density at radius 2 is 1.40 bits per heavy atom. The van der Waals surface area contributed by atoms with Crippen molar-refractivity contribution in [1.82, 2.24) is 0 Å². The lowest BCUT2D eigenvalue weighted by Gasteiger charge is -2.17. The predicted octanol–water partition coefficient (Wildman–Crippen LogP) is 4.35. The standard InChI is InChI=1S/C12H15F3/c1-6(2)8-5-9(13)11(14)12(15)10(8)7(3)4/h5-7H,1-4H3. The van der Waals surface area contributed by atoms with Gasteiger partial charge in [0.25, 0.3) is 0 Å². The van der Waals surface area contributed by atoms with Gasteiger partial charge in [-0.2, -0.15) is 0 Å². The molecule has 1 aromatic rings. The summed E-state index contributed by atoms with van der Waals surface area (Å²) >= 11 is 0. The molecule has 0 bridgehead atoms. The summed E-state index contributed by atoms with van der Waals surface area (Å²) in [5.41, 5.74) is 0.824. The van der Waals surface area contributed by atoms with Gasteiger partial charge in [0, 0.05) is 0 Å². The van der Waals surface area contributed by atoms with E-state index in [1.807, 2.05) is 13.8 Å². The van der Waals surface area contributed by atoms with Crippen molar-refractivity contribution in [1.29, 1.82) is 0 Å². The monoisotopic (exact) mass is 216 g/mol. The van der Waals surface area contributed by atoms with Gasteiger partial charge in [-0.1, -0.05) is 27.7 Å². The molecule has 0 aliphatic rings. The second kappa shape index (κ2) is 4.25. The Hall–Kier alpha value is -0.990. The summed E-state index contributed by atoms with van der Waals surface area (Å²) in [6.45, 7) is 7.19. The Morgan fingerprint density at radius 3 is 1.80 bits per heavy atom. The van der Waals surface area contributed by atoms with Crippen LogP contribution in [0.2, 0.25) is 0 Å². The number of benzene rings is 1. The van der Waals surface area contributed by atoms with Crippen LogP contribution in [-0.2, 0) is 0 Å². The summed E-state index contributed by atoms with van der Waals surface area (Å²) in [5.74, 6) is -3.71. The molecule has 3 heteroatoms. The van der Waals surface area contributed by atoms with E-state index in [-0.39, 0.29) is 17.4 Å². The number of hydrogen-bond donors (Lipinski definition) is 0. The highest BCUT2D eigenvalue weighted by Crippen LogP contribution is 2.31. The maximum Gasteiger partial charge on any atom is 0.194 e. The Morgan fingerprint density at radius 1 is 0.867 bits per heavy atom. The van der Waals surface area contributed by atoms with E-state index in [2.05, 4.69) is 0 Å². The Bertz CT molecular complexity index is 368. The highest BCUT2D eigenvalue weighted by Gasteiger charge is 2.21. The van der Waals surface area contributed by atoms with Crippen LogP contribution >= 0.6 is 0 Å². The topological polar surface area (TPSA) is 0 Å². The molecule has 15 heavy (non-hydrogen) atoms. The lowest BCUT2D eigenvalue weighted by molar-refractivity contribution is 0.434. The first-order valence-corrected chi connectivity index (χ1v) is 5.03. The molecule has 0 nitrogen and oxygen atoms in total. The van der Waals surface area contributed by atoms with Crippen LogP contribution in [0.4, 0.5) is 13.2 Å². The van der Waals surface area contributed by atoms with Gasteiger partial charge in [0.1, 0.15) is 0 Å². The largest absolute Gasteiger partial charge is 0.204 e. The molecule has 1 rings (SSSR count). The minimum atomic E-state index is -1.37. The van der Waals surface area contributed by atoms with Crippen LogP contribution in [-0.4, -0.2) is 0 Å². The van der Waals surface area contributed by atoms with Crippen LogP contribution in [0, 0.1) is 17.5 Å². The molecular formula is C12H15F3. The van der Waals surface area contributed by atoms with Gasteiger partial charge in [-0.3, -0.25) is 0 Å². The number of rotatable bonds is 2. The van der Waals surface area contributed by atoms with Crippen molar-refractivity contribution < 1.29 is 13.2 Å². The van der Waals surface area contributed by atoms with Gasteiger partial charge in [0.05, 0.1) is 0 Å². The molecule has 0 atom stereocenters. The third-order valence-electron chi connectivity index (χ3n) is 2.43. The lowest BCUT2D eigenvalue weighted by Crippen LogP contribution is -2.07. The van der Waals surface area contributed by atoms with Crippen molar-refractivity contribution in [3.05, 3.63) is 34.6 Å². The van der Waals surface area contributed by atoms with Gasteiger partial charge in [0.15, 0.2) is 17.5 Å². The highest BCUT2D eigenvalue weighted by atomic mass is 19.2. The maximum absolute atomic E-state index is 13.5. The third kappa shape index (κ3) is 2.16. The van der Waals surface area contributed by atoms with E-state index in [9.17, 15) is 13.2 Å². The lowest BCUT2D eigenvalue weighted by atomic mass is 9.90. The van der Waals surface area contributed by atoms with Gasteiger partial charge >= 0.3 is 0 Å². The van der Waals surface area contributed by atoms with Crippen LogP contribution in [0.3, 0.4) is 0 Å². The molecule has 0 fully saturated rings. The van der Waals surface area contributed by atoms with Crippen molar-refractivity contribution in [3.63, 3.8) is 0 Å². The van der Waals surface area contributed by atoms with Gasteiger partial charge in [-0.25, -0.2) is 13.2 Å². The summed E-state index contributed by atoms with van der Waals surface area (Å²) in [4.78, 5) is 0.